The van der Waals surface area contributed by atoms with Crippen molar-refractivity contribution < 1.29 is 4.52 Å². The van der Waals surface area contributed by atoms with Crippen LogP contribution in [0.3, 0.4) is 0 Å². The first-order valence-corrected chi connectivity index (χ1v) is 11.6. The van der Waals surface area contributed by atoms with Crippen molar-refractivity contribution in [3.05, 3.63) is 32.5 Å². The van der Waals surface area contributed by atoms with E-state index in [1.165, 1.54) is 0 Å². The molecule has 0 aliphatic heterocycles. The molecule has 1 saturated carbocycles. The molecule has 3 aromatic heterocycles. The second-order valence-electron chi connectivity index (χ2n) is 7.88. The van der Waals surface area contributed by atoms with Gasteiger partial charge in [0.25, 0.3) is 5.56 Å². The zero-order chi connectivity index (χ0) is 20.0. The molecule has 3 aromatic rings. The van der Waals surface area contributed by atoms with Gasteiger partial charge in [0.1, 0.15) is 4.83 Å². The summed E-state index contributed by atoms with van der Waals surface area (Å²) in [7, 11) is 0. The number of rotatable bonds is 5. The van der Waals surface area contributed by atoms with E-state index in [9.17, 15) is 4.79 Å². The average Bonchev–Trinajstić information content (AvgIpc) is 3.37. The summed E-state index contributed by atoms with van der Waals surface area (Å²) in [6.07, 6.45) is 4.40. The zero-order valence-corrected chi connectivity index (χ0v) is 18.6. The molecule has 3 heterocycles. The molecule has 6 nitrogen and oxygen atoms in total. The van der Waals surface area contributed by atoms with Crippen molar-refractivity contribution in [2.24, 2.45) is 0 Å². The van der Waals surface area contributed by atoms with Gasteiger partial charge in [0.15, 0.2) is 11.0 Å². The predicted octanol–water partition coefficient (Wildman–Crippen LogP) is 5.55. The molecular formula is C20H26N4O2S2. The minimum Gasteiger partial charge on any atom is -0.338 e. The number of nitrogens with zero attached hydrogens (tertiary/aromatic N) is 4. The largest absolute Gasteiger partial charge is 0.338 e. The number of thioether (sulfide) groups is 1. The predicted molar refractivity (Wildman–Crippen MR) is 114 cm³/mol. The molecule has 150 valence electrons. The number of hydrogen-bond donors (Lipinski definition) is 0. The Morgan fingerprint density at radius 1 is 1.18 bits per heavy atom. The van der Waals surface area contributed by atoms with Gasteiger partial charge in [-0.25, -0.2) is 4.98 Å². The van der Waals surface area contributed by atoms with Gasteiger partial charge < -0.3 is 4.52 Å². The highest BCUT2D eigenvalue weighted by Crippen LogP contribution is 2.39. The Hall–Kier alpha value is -1.67. The van der Waals surface area contributed by atoms with Crippen LogP contribution in [0.5, 0.6) is 0 Å². The van der Waals surface area contributed by atoms with Crippen LogP contribution in [0.2, 0.25) is 0 Å². The van der Waals surface area contributed by atoms with Gasteiger partial charge in [-0.15, -0.1) is 11.3 Å². The van der Waals surface area contributed by atoms with Gasteiger partial charge in [0.05, 0.1) is 10.6 Å². The quantitative estimate of drug-likeness (QED) is 0.399. The van der Waals surface area contributed by atoms with E-state index < -0.39 is 0 Å². The molecule has 4 rings (SSSR count). The fraction of sp³-hybridized carbons (Fsp3) is 0.600. The van der Waals surface area contributed by atoms with E-state index in [0.717, 1.165) is 51.5 Å². The molecule has 1 aliphatic carbocycles. The molecule has 1 fully saturated rings. The van der Waals surface area contributed by atoms with Crippen molar-refractivity contribution in [2.75, 3.05) is 0 Å². The molecule has 0 N–H and O–H groups in total. The van der Waals surface area contributed by atoms with E-state index in [0.29, 0.717) is 11.7 Å². The topological polar surface area (TPSA) is 73.8 Å². The van der Waals surface area contributed by atoms with Crippen molar-refractivity contribution in [3.8, 4) is 0 Å². The molecule has 0 amide bonds. The first-order chi connectivity index (χ1) is 13.4. The molecule has 8 heteroatoms. The first-order valence-electron chi connectivity index (χ1n) is 9.89. The van der Waals surface area contributed by atoms with Gasteiger partial charge in [-0.1, -0.05) is 43.6 Å². The maximum Gasteiger partial charge on any atom is 0.263 e. The van der Waals surface area contributed by atoms with Crippen LogP contribution in [0.4, 0.5) is 0 Å². The minimum absolute atomic E-state index is 0.0702. The molecule has 1 atom stereocenters. The van der Waals surface area contributed by atoms with Gasteiger partial charge in [-0.3, -0.25) is 9.36 Å². The highest BCUT2D eigenvalue weighted by atomic mass is 32.2. The van der Waals surface area contributed by atoms with Crippen LogP contribution in [0.15, 0.2) is 14.5 Å². The first kappa shape index (κ1) is 19.6. The third-order valence-electron chi connectivity index (χ3n) is 5.50. The molecule has 1 aliphatic rings. The third kappa shape index (κ3) is 3.41. The lowest BCUT2D eigenvalue weighted by atomic mass is 10.2. The summed E-state index contributed by atoms with van der Waals surface area (Å²) in [6.45, 7) is 10.2. The monoisotopic (exact) mass is 418 g/mol. The van der Waals surface area contributed by atoms with Crippen molar-refractivity contribution in [1.82, 2.24) is 19.7 Å². The maximum atomic E-state index is 13.4. The molecular weight excluding hydrogens is 392 g/mol. The van der Waals surface area contributed by atoms with Crippen LogP contribution in [0.25, 0.3) is 10.2 Å². The Morgan fingerprint density at radius 3 is 2.54 bits per heavy atom. The van der Waals surface area contributed by atoms with E-state index in [1.807, 2.05) is 32.3 Å². The maximum absolute atomic E-state index is 13.4. The van der Waals surface area contributed by atoms with Crippen LogP contribution in [0, 0.1) is 13.8 Å². The summed E-state index contributed by atoms with van der Waals surface area (Å²) >= 11 is 3.14. The van der Waals surface area contributed by atoms with Crippen molar-refractivity contribution in [2.45, 2.75) is 82.7 Å². The van der Waals surface area contributed by atoms with E-state index in [-0.39, 0.29) is 22.8 Å². The lowest BCUT2D eigenvalue weighted by molar-refractivity contribution is 0.372. The highest BCUT2D eigenvalue weighted by Gasteiger charge is 2.27. The Morgan fingerprint density at radius 2 is 1.89 bits per heavy atom. The molecule has 0 bridgehead atoms. The van der Waals surface area contributed by atoms with Crippen LogP contribution >= 0.6 is 23.1 Å². The molecule has 0 radical (unpaired) electrons. The number of hydrogen-bond acceptors (Lipinski definition) is 7. The standard InChI is InChI=1S/C20H26N4O2S2/c1-10(2)16-21-17(26-23-16)13(5)28-20-22-18-15(11(3)12(4)27-18)19(25)24(20)14-8-6-7-9-14/h10,13-14H,6-9H2,1-5H3. The summed E-state index contributed by atoms with van der Waals surface area (Å²) in [5, 5.41) is 5.55. The summed E-state index contributed by atoms with van der Waals surface area (Å²) in [5.74, 6) is 1.51. The summed E-state index contributed by atoms with van der Waals surface area (Å²) in [5.41, 5.74) is 1.16. The van der Waals surface area contributed by atoms with E-state index >= 15 is 0 Å². The van der Waals surface area contributed by atoms with E-state index in [4.69, 9.17) is 9.51 Å². The van der Waals surface area contributed by atoms with Gasteiger partial charge in [-0.05, 0) is 39.2 Å². The average molecular weight is 419 g/mol. The SMILES string of the molecule is Cc1sc2nc(SC(C)c3nc(C(C)C)no3)n(C3CCCC3)c(=O)c2c1C. The molecule has 0 spiro atoms. The van der Waals surface area contributed by atoms with Gasteiger partial charge in [-0.2, -0.15) is 4.98 Å². The van der Waals surface area contributed by atoms with Crippen LogP contribution in [-0.4, -0.2) is 19.7 Å². The Balaban J connectivity index is 1.78. The van der Waals surface area contributed by atoms with Crippen LogP contribution in [0.1, 0.15) is 85.8 Å². The Bertz CT molecular complexity index is 1060. The highest BCUT2D eigenvalue weighted by molar-refractivity contribution is 7.99. The van der Waals surface area contributed by atoms with Crippen molar-refractivity contribution in [3.63, 3.8) is 0 Å². The fourth-order valence-corrected chi connectivity index (χ4v) is 5.79. The summed E-state index contributed by atoms with van der Waals surface area (Å²) < 4.78 is 7.41. The lowest BCUT2D eigenvalue weighted by Gasteiger charge is -2.19. The Labute approximate surface area is 172 Å². The van der Waals surface area contributed by atoms with Gasteiger partial charge in [0.2, 0.25) is 5.89 Å². The van der Waals surface area contributed by atoms with Crippen LogP contribution in [-0.2, 0) is 0 Å². The van der Waals surface area contributed by atoms with E-state index in [1.54, 1.807) is 23.1 Å². The van der Waals surface area contributed by atoms with E-state index in [2.05, 4.69) is 17.1 Å². The van der Waals surface area contributed by atoms with Crippen molar-refractivity contribution >= 4 is 33.3 Å². The smallest absolute Gasteiger partial charge is 0.263 e. The molecule has 0 saturated heterocycles. The molecule has 0 aromatic carbocycles. The summed E-state index contributed by atoms with van der Waals surface area (Å²) in [6, 6.07) is 0.229. The third-order valence-corrected chi connectivity index (χ3v) is 7.65. The van der Waals surface area contributed by atoms with Gasteiger partial charge in [0, 0.05) is 16.8 Å². The number of fused-ring (bicyclic) bond motifs is 1. The number of thiophene rings is 1. The normalized spacial score (nSPS) is 16.5. The van der Waals surface area contributed by atoms with Crippen LogP contribution < -0.4 is 5.56 Å². The minimum atomic E-state index is -0.0702. The zero-order valence-electron chi connectivity index (χ0n) is 17.0. The molecule has 1 unspecified atom stereocenters. The molecule has 28 heavy (non-hydrogen) atoms. The fourth-order valence-electron chi connectivity index (χ4n) is 3.71. The van der Waals surface area contributed by atoms with Crippen molar-refractivity contribution in [1.29, 1.82) is 0 Å². The second-order valence-corrected chi connectivity index (χ2v) is 10.4. The van der Waals surface area contributed by atoms with Gasteiger partial charge >= 0.3 is 0 Å². The summed E-state index contributed by atoms with van der Waals surface area (Å²) in [4.78, 5) is 24.9. The lowest BCUT2D eigenvalue weighted by Crippen LogP contribution is -2.26. The Kier molecular flexibility index (Phi) is 5.35. The second kappa shape index (κ2) is 7.63. The number of aromatic nitrogens is 4. The number of aryl methyl sites for hydroxylation is 2.